The van der Waals surface area contributed by atoms with E-state index in [9.17, 15) is 4.79 Å². The minimum Gasteiger partial charge on any atom is -0.342 e. The molecule has 1 N–H and O–H groups in total. The highest BCUT2D eigenvalue weighted by Crippen LogP contribution is 2.26. The van der Waals surface area contributed by atoms with Crippen molar-refractivity contribution in [1.29, 1.82) is 0 Å². The molecule has 96 valence electrons. The molecule has 0 aliphatic carbocycles. The van der Waals surface area contributed by atoms with Crippen LogP contribution in [-0.2, 0) is 4.79 Å². The number of likely N-dealkylation sites (tertiary alicyclic amines) is 1. The number of amides is 1. The first kappa shape index (κ1) is 15.7. The molecule has 1 aliphatic heterocycles. The van der Waals surface area contributed by atoms with Gasteiger partial charge < -0.3 is 10.2 Å². The zero-order valence-corrected chi connectivity index (χ0v) is 11.7. The molecule has 1 amide bonds. The van der Waals surface area contributed by atoms with Crippen molar-refractivity contribution < 1.29 is 4.79 Å². The molecule has 1 rings (SSSR count). The van der Waals surface area contributed by atoms with E-state index in [1.807, 2.05) is 25.8 Å². The normalized spacial score (nSPS) is 20.8. The molecule has 0 radical (unpaired) electrons. The SMILES string of the molecule is CCC(C)(C)C(=O)N1CCC(CNC)C1.Cl. The lowest BCUT2D eigenvalue weighted by Crippen LogP contribution is -2.39. The van der Waals surface area contributed by atoms with E-state index >= 15 is 0 Å². The number of nitrogens with zero attached hydrogens (tertiary/aromatic N) is 1. The molecule has 1 atom stereocenters. The van der Waals surface area contributed by atoms with Crippen molar-refractivity contribution in [2.75, 3.05) is 26.7 Å². The Kier molecular flexibility index (Phi) is 6.34. The lowest BCUT2D eigenvalue weighted by atomic mass is 9.88. The molecule has 0 bridgehead atoms. The molecule has 1 saturated heterocycles. The van der Waals surface area contributed by atoms with Gasteiger partial charge in [-0.1, -0.05) is 20.8 Å². The Morgan fingerprint density at radius 2 is 2.12 bits per heavy atom. The average molecular weight is 249 g/mol. The molecule has 0 spiro atoms. The second kappa shape index (κ2) is 6.45. The third kappa shape index (κ3) is 3.63. The maximum Gasteiger partial charge on any atom is 0.228 e. The van der Waals surface area contributed by atoms with Crippen LogP contribution in [0.5, 0.6) is 0 Å². The van der Waals surface area contributed by atoms with Crippen LogP contribution in [0, 0.1) is 11.3 Å². The maximum absolute atomic E-state index is 12.2. The van der Waals surface area contributed by atoms with E-state index in [2.05, 4.69) is 12.2 Å². The van der Waals surface area contributed by atoms with Crippen LogP contribution >= 0.6 is 12.4 Å². The molecule has 16 heavy (non-hydrogen) atoms. The number of carbonyl (C=O) groups is 1. The van der Waals surface area contributed by atoms with Crippen LogP contribution in [0.2, 0.25) is 0 Å². The molecular formula is C12H25ClN2O. The fourth-order valence-corrected chi connectivity index (χ4v) is 2.05. The lowest BCUT2D eigenvalue weighted by Gasteiger charge is -2.28. The summed E-state index contributed by atoms with van der Waals surface area (Å²) in [6.45, 7) is 9.06. The molecule has 0 aromatic heterocycles. The summed E-state index contributed by atoms with van der Waals surface area (Å²) in [6.07, 6.45) is 2.06. The van der Waals surface area contributed by atoms with E-state index in [1.165, 1.54) is 0 Å². The maximum atomic E-state index is 12.2. The van der Waals surface area contributed by atoms with Crippen molar-refractivity contribution in [2.24, 2.45) is 11.3 Å². The van der Waals surface area contributed by atoms with Gasteiger partial charge >= 0.3 is 0 Å². The minimum atomic E-state index is -0.186. The smallest absolute Gasteiger partial charge is 0.228 e. The number of hydrogen-bond acceptors (Lipinski definition) is 2. The fraction of sp³-hybridized carbons (Fsp3) is 0.917. The van der Waals surface area contributed by atoms with Gasteiger partial charge in [0.15, 0.2) is 0 Å². The summed E-state index contributed by atoms with van der Waals surface area (Å²) in [5.74, 6) is 0.968. The Morgan fingerprint density at radius 1 is 1.50 bits per heavy atom. The number of nitrogens with one attached hydrogen (secondary N) is 1. The van der Waals surface area contributed by atoms with Crippen LogP contribution in [0.1, 0.15) is 33.6 Å². The minimum absolute atomic E-state index is 0. The Hall–Kier alpha value is -0.280. The Labute approximate surface area is 105 Å². The van der Waals surface area contributed by atoms with Crippen LogP contribution < -0.4 is 5.32 Å². The lowest BCUT2D eigenvalue weighted by molar-refractivity contribution is -0.139. The van der Waals surface area contributed by atoms with Gasteiger partial charge in [-0.15, -0.1) is 12.4 Å². The summed E-state index contributed by atoms with van der Waals surface area (Å²) in [5, 5.41) is 3.18. The quantitative estimate of drug-likeness (QED) is 0.825. The van der Waals surface area contributed by atoms with Crippen molar-refractivity contribution in [3.05, 3.63) is 0 Å². The van der Waals surface area contributed by atoms with E-state index in [0.29, 0.717) is 11.8 Å². The van der Waals surface area contributed by atoms with Crippen LogP contribution in [0.15, 0.2) is 0 Å². The third-order valence-corrected chi connectivity index (χ3v) is 3.53. The van der Waals surface area contributed by atoms with Gasteiger partial charge in [-0.3, -0.25) is 4.79 Å². The summed E-state index contributed by atoms with van der Waals surface area (Å²) in [7, 11) is 1.97. The number of hydrogen-bond donors (Lipinski definition) is 1. The highest BCUT2D eigenvalue weighted by atomic mass is 35.5. The summed E-state index contributed by atoms with van der Waals surface area (Å²) in [4.78, 5) is 14.2. The van der Waals surface area contributed by atoms with Gasteiger partial charge in [0.25, 0.3) is 0 Å². The monoisotopic (exact) mass is 248 g/mol. The molecule has 1 fully saturated rings. The Bertz CT molecular complexity index is 231. The van der Waals surface area contributed by atoms with Gasteiger partial charge in [0, 0.05) is 18.5 Å². The summed E-state index contributed by atoms with van der Waals surface area (Å²) >= 11 is 0. The van der Waals surface area contributed by atoms with Crippen LogP contribution in [0.3, 0.4) is 0 Å². The second-order valence-corrected chi connectivity index (χ2v) is 5.20. The fourth-order valence-electron chi connectivity index (χ4n) is 2.05. The molecule has 1 unspecified atom stereocenters. The topological polar surface area (TPSA) is 32.3 Å². The second-order valence-electron chi connectivity index (χ2n) is 5.20. The standard InChI is InChI=1S/C12H24N2O.ClH/c1-5-12(2,3)11(15)14-7-6-10(9-14)8-13-4;/h10,13H,5-9H2,1-4H3;1H. The number of rotatable bonds is 4. The molecular weight excluding hydrogens is 224 g/mol. The molecule has 1 heterocycles. The largest absolute Gasteiger partial charge is 0.342 e. The molecule has 3 nitrogen and oxygen atoms in total. The molecule has 0 saturated carbocycles. The van der Waals surface area contributed by atoms with E-state index in [0.717, 1.165) is 32.5 Å². The Morgan fingerprint density at radius 3 is 2.62 bits per heavy atom. The first-order valence-electron chi connectivity index (χ1n) is 5.95. The van der Waals surface area contributed by atoms with Crippen molar-refractivity contribution in [3.8, 4) is 0 Å². The third-order valence-electron chi connectivity index (χ3n) is 3.53. The summed E-state index contributed by atoms with van der Waals surface area (Å²) in [6, 6.07) is 0. The van der Waals surface area contributed by atoms with Gasteiger partial charge in [-0.25, -0.2) is 0 Å². The van der Waals surface area contributed by atoms with Crippen molar-refractivity contribution >= 4 is 18.3 Å². The van der Waals surface area contributed by atoms with Crippen molar-refractivity contribution in [3.63, 3.8) is 0 Å². The number of carbonyl (C=O) groups excluding carboxylic acids is 1. The Balaban J connectivity index is 0.00000225. The molecule has 4 heteroatoms. The van der Waals surface area contributed by atoms with Gasteiger partial charge in [-0.05, 0) is 32.4 Å². The van der Waals surface area contributed by atoms with E-state index in [4.69, 9.17) is 0 Å². The van der Waals surface area contributed by atoms with Gasteiger partial charge in [0.1, 0.15) is 0 Å². The highest BCUT2D eigenvalue weighted by molar-refractivity contribution is 5.85. The molecule has 0 aromatic carbocycles. The summed E-state index contributed by atoms with van der Waals surface area (Å²) < 4.78 is 0. The number of halogens is 1. The van der Waals surface area contributed by atoms with Crippen LogP contribution in [0.25, 0.3) is 0 Å². The van der Waals surface area contributed by atoms with Crippen LogP contribution in [0.4, 0.5) is 0 Å². The molecule has 0 aromatic rings. The zero-order valence-electron chi connectivity index (χ0n) is 10.9. The predicted octanol–water partition coefficient (Wildman–Crippen LogP) is 1.91. The highest BCUT2D eigenvalue weighted by Gasteiger charge is 2.34. The van der Waals surface area contributed by atoms with Crippen LogP contribution in [-0.4, -0.2) is 37.5 Å². The van der Waals surface area contributed by atoms with Gasteiger partial charge in [0.2, 0.25) is 5.91 Å². The predicted molar refractivity (Wildman–Crippen MR) is 69.9 cm³/mol. The zero-order chi connectivity index (χ0) is 11.5. The van der Waals surface area contributed by atoms with E-state index < -0.39 is 0 Å². The van der Waals surface area contributed by atoms with Gasteiger partial charge in [0.05, 0.1) is 0 Å². The van der Waals surface area contributed by atoms with E-state index in [1.54, 1.807) is 0 Å². The van der Waals surface area contributed by atoms with Crippen molar-refractivity contribution in [2.45, 2.75) is 33.6 Å². The average Bonchev–Trinajstić information content (AvgIpc) is 2.66. The summed E-state index contributed by atoms with van der Waals surface area (Å²) in [5.41, 5.74) is -0.186. The first-order chi connectivity index (χ1) is 7.01. The van der Waals surface area contributed by atoms with Crippen molar-refractivity contribution in [1.82, 2.24) is 10.2 Å². The van der Waals surface area contributed by atoms with Gasteiger partial charge in [-0.2, -0.15) is 0 Å². The first-order valence-corrected chi connectivity index (χ1v) is 5.95. The van der Waals surface area contributed by atoms with E-state index in [-0.39, 0.29) is 17.8 Å². The molecule has 1 aliphatic rings.